The van der Waals surface area contributed by atoms with E-state index in [1.54, 1.807) is 0 Å². The van der Waals surface area contributed by atoms with Gasteiger partial charge in [0, 0.05) is 0 Å². The SMILES string of the molecule is CC1(C)OB(/C(=[C](/c2ccccc2)[Sn]([CH3])([CH3])[CH3])c2ccccc2)OC1(C)C. The van der Waals surface area contributed by atoms with Crippen LogP contribution in [-0.4, -0.2) is 36.7 Å². The van der Waals surface area contributed by atoms with E-state index in [1.807, 2.05) is 0 Å². The molecule has 0 aromatic heterocycles. The summed E-state index contributed by atoms with van der Waals surface area (Å²) >= 11 is -2.55. The first-order valence-electron chi connectivity index (χ1n) is 9.74. The van der Waals surface area contributed by atoms with E-state index in [-0.39, 0.29) is 18.3 Å². The maximum absolute atomic E-state index is 6.53. The molecule has 0 amide bonds. The van der Waals surface area contributed by atoms with Crippen LogP contribution in [0.1, 0.15) is 38.8 Å². The van der Waals surface area contributed by atoms with E-state index in [1.165, 1.54) is 20.2 Å². The first-order valence-corrected chi connectivity index (χ1v) is 19.7. The Morgan fingerprint density at radius 3 is 1.52 bits per heavy atom. The molecule has 2 aromatic rings. The Balaban J connectivity index is 2.28. The number of rotatable bonds is 4. The molecule has 1 aliphatic heterocycles. The predicted octanol–water partition coefficient (Wildman–Crippen LogP) is 6.11. The molecule has 0 spiro atoms. The Morgan fingerprint density at radius 2 is 1.11 bits per heavy atom. The fourth-order valence-corrected chi connectivity index (χ4v) is 9.58. The van der Waals surface area contributed by atoms with E-state index in [0.29, 0.717) is 0 Å². The molecule has 4 heteroatoms. The van der Waals surface area contributed by atoms with Crippen molar-refractivity contribution in [2.24, 2.45) is 0 Å². The van der Waals surface area contributed by atoms with Crippen molar-refractivity contribution in [3.63, 3.8) is 0 Å². The summed E-state index contributed by atoms with van der Waals surface area (Å²) in [5, 5.41) is 0. The Morgan fingerprint density at radius 1 is 0.704 bits per heavy atom. The number of hydrogen-bond acceptors (Lipinski definition) is 2. The molecule has 0 unspecified atom stereocenters. The van der Waals surface area contributed by atoms with Crippen molar-refractivity contribution in [1.82, 2.24) is 0 Å². The zero-order valence-corrected chi connectivity index (χ0v) is 20.5. The van der Waals surface area contributed by atoms with Crippen LogP contribution in [0.4, 0.5) is 0 Å². The van der Waals surface area contributed by atoms with E-state index in [4.69, 9.17) is 9.31 Å². The van der Waals surface area contributed by atoms with Gasteiger partial charge in [-0.05, 0) is 0 Å². The Bertz CT molecular complexity index is 804. The monoisotopic (exact) mass is 470 g/mol. The fourth-order valence-electron chi connectivity index (χ4n) is 3.57. The Kier molecular flexibility index (Phi) is 5.68. The first kappa shape index (κ1) is 20.7. The van der Waals surface area contributed by atoms with E-state index in [9.17, 15) is 0 Å². The van der Waals surface area contributed by atoms with E-state index in [2.05, 4.69) is 103 Å². The van der Waals surface area contributed by atoms with Crippen LogP contribution >= 0.6 is 0 Å². The van der Waals surface area contributed by atoms with E-state index < -0.39 is 18.4 Å². The zero-order chi connectivity index (χ0) is 19.9. The van der Waals surface area contributed by atoms with Crippen LogP contribution in [0, 0.1) is 0 Å². The zero-order valence-electron chi connectivity index (χ0n) is 17.7. The third-order valence-electron chi connectivity index (χ3n) is 5.66. The average Bonchev–Trinajstić information content (AvgIpc) is 2.80. The topological polar surface area (TPSA) is 18.5 Å². The minimum absolute atomic E-state index is 0.354. The normalized spacial score (nSPS) is 19.7. The number of hydrogen-bond donors (Lipinski definition) is 0. The van der Waals surface area contributed by atoms with Crippen molar-refractivity contribution in [3.05, 3.63) is 71.8 Å². The molecule has 0 saturated carbocycles. The van der Waals surface area contributed by atoms with Gasteiger partial charge in [0.1, 0.15) is 0 Å². The summed E-state index contributed by atoms with van der Waals surface area (Å²) < 4.78 is 14.5. The molecule has 0 N–H and O–H groups in total. The fraction of sp³-hybridized carbons (Fsp3) is 0.391. The standard InChI is InChI=1S/C20H22BO2.3CH3.Sn/c1-19(2)20(3,4)23-21(22-19)18(17-13-9-6-10-14-17)15-16-11-7-5-8-12-16;;;;/h5-14H,1-4H3;3*1H3;. The van der Waals surface area contributed by atoms with Gasteiger partial charge in [0.05, 0.1) is 0 Å². The van der Waals surface area contributed by atoms with Crippen molar-refractivity contribution in [1.29, 1.82) is 0 Å². The van der Waals surface area contributed by atoms with Crippen LogP contribution in [-0.2, 0) is 9.31 Å². The van der Waals surface area contributed by atoms with E-state index in [0.717, 1.165) is 0 Å². The molecule has 3 rings (SSSR count). The van der Waals surface area contributed by atoms with Gasteiger partial charge < -0.3 is 0 Å². The summed E-state index contributed by atoms with van der Waals surface area (Å²) in [6.45, 7) is 8.49. The summed E-state index contributed by atoms with van der Waals surface area (Å²) in [7, 11) is -0.358. The van der Waals surface area contributed by atoms with Crippen LogP contribution < -0.4 is 0 Å². The second-order valence-corrected chi connectivity index (χ2v) is 23.6. The molecule has 2 aromatic carbocycles. The van der Waals surface area contributed by atoms with Crippen LogP contribution in [0.25, 0.3) is 9.06 Å². The predicted molar refractivity (Wildman–Crippen MR) is 119 cm³/mol. The molecular formula is C23H31BO2Sn. The van der Waals surface area contributed by atoms with Gasteiger partial charge in [0.15, 0.2) is 0 Å². The van der Waals surface area contributed by atoms with Gasteiger partial charge >= 0.3 is 169 Å². The van der Waals surface area contributed by atoms with Crippen LogP contribution in [0.2, 0.25) is 14.8 Å². The molecule has 1 aliphatic rings. The molecule has 1 saturated heterocycles. The van der Waals surface area contributed by atoms with Crippen LogP contribution in [0.3, 0.4) is 0 Å². The third kappa shape index (κ3) is 4.20. The Labute approximate surface area is 169 Å². The molecule has 0 aliphatic carbocycles. The molecular weight excluding hydrogens is 438 g/mol. The minimum atomic E-state index is -2.55. The van der Waals surface area contributed by atoms with E-state index >= 15 is 0 Å². The summed E-state index contributed by atoms with van der Waals surface area (Å²) in [5.74, 6) is 0. The van der Waals surface area contributed by atoms with Crippen molar-refractivity contribution in [2.75, 3.05) is 0 Å². The van der Waals surface area contributed by atoms with Gasteiger partial charge in [-0.1, -0.05) is 0 Å². The van der Waals surface area contributed by atoms with Gasteiger partial charge in [-0.25, -0.2) is 0 Å². The van der Waals surface area contributed by atoms with Crippen molar-refractivity contribution in [3.8, 4) is 0 Å². The average molecular weight is 469 g/mol. The molecule has 0 radical (unpaired) electrons. The van der Waals surface area contributed by atoms with Gasteiger partial charge in [-0.2, -0.15) is 0 Å². The Hall–Kier alpha value is -1.04. The molecule has 0 atom stereocenters. The summed E-state index contributed by atoms with van der Waals surface area (Å²) in [5.41, 5.74) is 3.00. The van der Waals surface area contributed by atoms with Gasteiger partial charge in [-0.15, -0.1) is 0 Å². The van der Waals surface area contributed by atoms with Crippen molar-refractivity contribution in [2.45, 2.75) is 53.7 Å². The summed E-state index contributed by atoms with van der Waals surface area (Å²) in [4.78, 5) is 7.39. The first-order chi connectivity index (χ1) is 12.5. The number of benzene rings is 2. The molecule has 1 fully saturated rings. The molecule has 0 bridgehead atoms. The summed E-state index contributed by atoms with van der Waals surface area (Å²) in [6, 6.07) is 21.4. The maximum atomic E-state index is 6.53. The third-order valence-corrected chi connectivity index (χ3v) is 11.5. The second-order valence-electron chi connectivity index (χ2n) is 9.36. The van der Waals surface area contributed by atoms with Gasteiger partial charge in [-0.3, -0.25) is 0 Å². The van der Waals surface area contributed by atoms with Gasteiger partial charge in [0.25, 0.3) is 0 Å². The van der Waals surface area contributed by atoms with Crippen LogP contribution in [0.5, 0.6) is 0 Å². The van der Waals surface area contributed by atoms with Crippen molar-refractivity contribution < 1.29 is 9.31 Å². The molecule has 142 valence electrons. The molecule has 2 nitrogen and oxygen atoms in total. The summed E-state index contributed by atoms with van der Waals surface area (Å²) in [6.07, 6.45) is 0. The quantitative estimate of drug-likeness (QED) is 0.398. The van der Waals surface area contributed by atoms with Gasteiger partial charge in [0.2, 0.25) is 0 Å². The molecule has 1 heterocycles. The second kappa shape index (κ2) is 7.42. The molecule has 27 heavy (non-hydrogen) atoms. The van der Waals surface area contributed by atoms with Crippen molar-refractivity contribution >= 4 is 34.6 Å². The van der Waals surface area contributed by atoms with Crippen LogP contribution in [0.15, 0.2) is 60.7 Å².